The van der Waals surface area contributed by atoms with Gasteiger partial charge in [0, 0.05) is 19.6 Å². The minimum Gasteiger partial charge on any atom is -0.396 e. The Morgan fingerprint density at radius 3 is 2.75 bits per heavy atom. The second-order valence-corrected chi connectivity index (χ2v) is 4.49. The fourth-order valence-electron chi connectivity index (χ4n) is 2.13. The minimum atomic E-state index is 0.502. The molecule has 1 fully saturated rings. The highest BCUT2D eigenvalue weighted by Gasteiger charge is 2.22. The highest BCUT2D eigenvalue weighted by molar-refractivity contribution is 5.38. The van der Waals surface area contributed by atoms with Gasteiger partial charge >= 0.3 is 0 Å². The molecule has 0 spiro atoms. The number of rotatable bonds is 2. The van der Waals surface area contributed by atoms with Gasteiger partial charge in [0.25, 0.3) is 0 Å². The molecule has 0 radical (unpaired) electrons. The van der Waals surface area contributed by atoms with E-state index in [1.807, 2.05) is 0 Å². The largest absolute Gasteiger partial charge is 0.396 e. The molecule has 2 heterocycles. The van der Waals surface area contributed by atoms with Crippen LogP contribution in [0, 0.1) is 0 Å². The first kappa shape index (κ1) is 11.1. The normalized spacial score (nSPS) is 22.0. The van der Waals surface area contributed by atoms with E-state index >= 15 is 0 Å². The van der Waals surface area contributed by atoms with Gasteiger partial charge in [-0.3, -0.25) is 0 Å². The molecule has 1 atom stereocenters. The Morgan fingerprint density at radius 2 is 2.12 bits per heavy atom. The summed E-state index contributed by atoms with van der Waals surface area (Å²) in [5.41, 5.74) is 6.18. The average Bonchev–Trinajstić information content (AvgIpc) is 2.29. The second kappa shape index (κ2) is 4.65. The number of likely N-dealkylation sites (tertiary alicyclic amines) is 1. The maximum Gasteiger partial charge on any atom is 0.225 e. The highest BCUT2D eigenvalue weighted by atomic mass is 15.3. The predicted octanol–water partition coefficient (Wildman–Crippen LogP) is 0.589. The third kappa shape index (κ3) is 2.41. The van der Waals surface area contributed by atoms with Gasteiger partial charge in [-0.2, -0.15) is 0 Å². The number of hydrogen-bond acceptors (Lipinski definition) is 5. The van der Waals surface area contributed by atoms with Gasteiger partial charge in [0.1, 0.15) is 0 Å². The van der Waals surface area contributed by atoms with Crippen LogP contribution in [0.4, 0.5) is 11.6 Å². The highest BCUT2D eigenvalue weighted by Crippen LogP contribution is 2.17. The van der Waals surface area contributed by atoms with E-state index in [1.54, 1.807) is 12.4 Å². The number of nitrogen functional groups attached to an aromatic ring is 1. The number of piperidine rings is 1. The summed E-state index contributed by atoms with van der Waals surface area (Å²) in [6.07, 6.45) is 5.76. The molecule has 0 aliphatic carbocycles. The molecule has 88 valence electrons. The summed E-state index contributed by atoms with van der Waals surface area (Å²) in [5, 5.41) is 0. The lowest BCUT2D eigenvalue weighted by molar-refractivity contribution is 0.247. The van der Waals surface area contributed by atoms with Crippen LogP contribution in [-0.4, -0.2) is 48.1 Å². The summed E-state index contributed by atoms with van der Waals surface area (Å²) in [5.74, 6) is 0.759. The smallest absolute Gasteiger partial charge is 0.225 e. The topological polar surface area (TPSA) is 58.3 Å². The van der Waals surface area contributed by atoms with E-state index in [1.165, 1.54) is 19.4 Å². The van der Waals surface area contributed by atoms with Crippen molar-refractivity contribution in [3.8, 4) is 0 Å². The van der Waals surface area contributed by atoms with Crippen molar-refractivity contribution in [2.45, 2.75) is 18.9 Å². The number of likely N-dealkylation sites (N-methyl/N-ethyl adjacent to an activating group) is 2. The van der Waals surface area contributed by atoms with E-state index in [0.29, 0.717) is 11.7 Å². The van der Waals surface area contributed by atoms with Crippen LogP contribution in [0.5, 0.6) is 0 Å². The van der Waals surface area contributed by atoms with Crippen molar-refractivity contribution in [1.29, 1.82) is 0 Å². The van der Waals surface area contributed by atoms with Crippen LogP contribution >= 0.6 is 0 Å². The van der Waals surface area contributed by atoms with Crippen LogP contribution < -0.4 is 10.6 Å². The zero-order valence-electron chi connectivity index (χ0n) is 9.93. The van der Waals surface area contributed by atoms with Gasteiger partial charge in [0.2, 0.25) is 5.95 Å². The molecular weight excluding hydrogens is 202 g/mol. The van der Waals surface area contributed by atoms with E-state index < -0.39 is 0 Å². The second-order valence-electron chi connectivity index (χ2n) is 4.49. The van der Waals surface area contributed by atoms with Crippen LogP contribution in [0.1, 0.15) is 12.8 Å². The maximum absolute atomic E-state index is 5.58. The van der Waals surface area contributed by atoms with Gasteiger partial charge in [-0.1, -0.05) is 0 Å². The fourth-order valence-corrected chi connectivity index (χ4v) is 2.13. The summed E-state index contributed by atoms with van der Waals surface area (Å²) in [7, 11) is 4.21. The zero-order valence-corrected chi connectivity index (χ0v) is 9.93. The molecule has 0 amide bonds. The Balaban J connectivity index is 2.06. The van der Waals surface area contributed by atoms with E-state index in [4.69, 9.17) is 5.73 Å². The molecule has 1 saturated heterocycles. The Bertz CT molecular complexity index is 337. The van der Waals surface area contributed by atoms with Crippen molar-refractivity contribution in [3.05, 3.63) is 12.4 Å². The quantitative estimate of drug-likeness (QED) is 0.792. The Kier molecular flexibility index (Phi) is 3.24. The molecule has 0 aromatic carbocycles. The first-order valence-electron chi connectivity index (χ1n) is 5.65. The lowest BCUT2D eigenvalue weighted by Gasteiger charge is -2.35. The molecule has 1 aromatic rings. The molecule has 2 N–H and O–H groups in total. The third-order valence-corrected chi connectivity index (χ3v) is 3.12. The van der Waals surface area contributed by atoms with Gasteiger partial charge < -0.3 is 15.5 Å². The maximum atomic E-state index is 5.58. The fraction of sp³-hybridized carbons (Fsp3) is 0.636. The molecule has 1 unspecified atom stereocenters. The van der Waals surface area contributed by atoms with Crippen LogP contribution in [-0.2, 0) is 0 Å². The van der Waals surface area contributed by atoms with E-state index in [-0.39, 0.29) is 0 Å². The first-order valence-corrected chi connectivity index (χ1v) is 5.65. The first-order chi connectivity index (χ1) is 7.66. The number of nitrogens with two attached hydrogens (primary N) is 1. The van der Waals surface area contributed by atoms with E-state index in [0.717, 1.165) is 12.5 Å². The van der Waals surface area contributed by atoms with Gasteiger partial charge in [-0.05, 0) is 26.4 Å². The number of anilines is 2. The molecule has 0 bridgehead atoms. The Hall–Kier alpha value is -1.36. The van der Waals surface area contributed by atoms with Gasteiger partial charge in [0.05, 0.1) is 18.1 Å². The molecule has 1 aromatic heterocycles. The van der Waals surface area contributed by atoms with Crippen molar-refractivity contribution < 1.29 is 0 Å². The lowest BCUT2D eigenvalue weighted by atomic mass is 10.1. The molecule has 0 saturated carbocycles. The van der Waals surface area contributed by atoms with E-state index in [2.05, 4.69) is 33.9 Å². The summed E-state index contributed by atoms with van der Waals surface area (Å²) in [6, 6.07) is 0.502. The Labute approximate surface area is 96.3 Å². The van der Waals surface area contributed by atoms with Crippen molar-refractivity contribution in [2.24, 2.45) is 0 Å². The standard InChI is InChI=1S/C11H19N5/c1-15-5-3-4-10(8-15)16(2)11-13-6-9(12)7-14-11/h6-7,10H,3-5,8,12H2,1-2H3. The SMILES string of the molecule is CN1CCCC(N(C)c2ncc(N)cn2)C1. The molecule has 1 aliphatic rings. The average molecular weight is 221 g/mol. The summed E-state index contributed by atoms with van der Waals surface area (Å²) in [6.45, 7) is 2.26. The molecule has 16 heavy (non-hydrogen) atoms. The molecule has 5 nitrogen and oxygen atoms in total. The molecular formula is C11H19N5. The minimum absolute atomic E-state index is 0.502. The van der Waals surface area contributed by atoms with Crippen LogP contribution in [0.15, 0.2) is 12.4 Å². The monoisotopic (exact) mass is 221 g/mol. The van der Waals surface area contributed by atoms with Crippen molar-refractivity contribution in [2.75, 3.05) is 37.8 Å². The van der Waals surface area contributed by atoms with Gasteiger partial charge in [-0.25, -0.2) is 9.97 Å². The summed E-state index contributed by atoms with van der Waals surface area (Å²) >= 11 is 0. The predicted molar refractivity (Wildman–Crippen MR) is 65.4 cm³/mol. The molecule has 5 heteroatoms. The molecule has 1 aliphatic heterocycles. The zero-order chi connectivity index (χ0) is 11.5. The lowest BCUT2D eigenvalue weighted by Crippen LogP contribution is -2.45. The third-order valence-electron chi connectivity index (χ3n) is 3.12. The summed E-state index contributed by atoms with van der Waals surface area (Å²) < 4.78 is 0. The number of aromatic nitrogens is 2. The number of nitrogens with zero attached hydrogens (tertiary/aromatic N) is 4. The Morgan fingerprint density at radius 1 is 1.44 bits per heavy atom. The van der Waals surface area contributed by atoms with Gasteiger partial charge in [0.15, 0.2) is 0 Å². The van der Waals surface area contributed by atoms with Crippen molar-refractivity contribution in [3.63, 3.8) is 0 Å². The van der Waals surface area contributed by atoms with Crippen molar-refractivity contribution in [1.82, 2.24) is 14.9 Å². The van der Waals surface area contributed by atoms with Crippen molar-refractivity contribution >= 4 is 11.6 Å². The van der Waals surface area contributed by atoms with E-state index in [9.17, 15) is 0 Å². The molecule has 2 rings (SSSR count). The van der Waals surface area contributed by atoms with Crippen LogP contribution in [0.25, 0.3) is 0 Å². The number of hydrogen-bond donors (Lipinski definition) is 1. The van der Waals surface area contributed by atoms with Gasteiger partial charge in [-0.15, -0.1) is 0 Å². The van der Waals surface area contributed by atoms with Crippen LogP contribution in [0.3, 0.4) is 0 Å². The summed E-state index contributed by atoms with van der Waals surface area (Å²) in [4.78, 5) is 13.0. The van der Waals surface area contributed by atoms with Crippen LogP contribution in [0.2, 0.25) is 0 Å².